The molecule has 0 bridgehead atoms. The van der Waals surface area contributed by atoms with E-state index in [1.165, 1.54) is 0 Å². The summed E-state index contributed by atoms with van der Waals surface area (Å²) in [4.78, 5) is 14.3. The van der Waals surface area contributed by atoms with Crippen LogP contribution in [0, 0.1) is 0 Å². The molecule has 0 spiro atoms. The van der Waals surface area contributed by atoms with Gasteiger partial charge >= 0.3 is 6.03 Å². The van der Waals surface area contributed by atoms with Crippen LogP contribution in [0.3, 0.4) is 0 Å². The number of amides is 2. The van der Waals surface area contributed by atoms with E-state index in [9.17, 15) is 9.90 Å². The monoisotopic (exact) mass is 322 g/mol. The number of aliphatic hydroxyl groups excluding tert-OH is 1. The van der Waals surface area contributed by atoms with Gasteiger partial charge in [0, 0.05) is 42.7 Å². The van der Waals surface area contributed by atoms with Gasteiger partial charge in [0.15, 0.2) is 0 Å². The van der Waals surface area contributed by atoms with Gasteiger partial charge in [-0.2, -0.15) is 11.8 Å². The first kappa shape index (κ1) is 17.2. The van der Waals surface area contributed by atoms with Crippen LogP contribution in [-0.2, 0) is 0 Å². The van der Waals surface area contributed by atoms with Gasteiger partial charge in [-0.15, -0.1) is 0 Å². The van der Waals surface area contributed by atoms with E-state index in [-0.39, 0.29) is 23.3 Å². The number of hydrogen-bond acceptors (Lipinski definition) is 3. The Labute approximate surface area is 137 Å². The third-order valence-corrected chi connectivity index (χ3v) is 5.26. The third-order valence-electron chi connectivity index (χ3n) is 3.96. The topological polar surface area (TPSA) is 52.6 Å². The summed E-state index contributed by atoms with van der Waals surface area (Å²) < 4.78 is 0.125. The molecule has 1 aromatic carbocycles. The van der Waals surface area contributed by atoms with E-state index in [2.05, 4.69) is 19.2 Å². The number of urea groups is 1. The first-order valence-corrected chi connectivity index (χ1v) is 8.83. The maximum absolute atomic E-state index is 12.4. The van der Waals surface area contributed by atoms with E-state index in [4.69, 9.17) is 0 Å². The van der Waals surface area contributed by atoms with Gasteiger partial charge in [0.1, 0.15) is 0 Å². The Balaban J connectivity index is 1.90. The van der Waals surface area contributed by atoms with Gasteiger partial charge in [-0.25, -0.2) is 4.79 Å². The van der Waals surface area contributed by atoms with Crippen LogP contribution in [0.25, 0.3) is 0 Å². The average molecular weight is 322 g/mol. The molecule has 122 valence electrons. The van der Waals surface area contributed by atoms with Gasteiger partial charge in [-0.1, -0.05) is 30.3 Å². The smallest absolute Gasteiger partial charge is 0.317 e. The lowest BCUT2D eigenvalue weighted by molar-refractivity contribution is 0.193. The lowest BCUT2D eigenvalue weighted by Crippen LogP contribution is -2.50. The SMILES string of the molecule is CC1(C)CN(C(=O)NCC(CCO)c2ccccc2)CCS1. The summed E-state index contributed by atoms with van der Waals surface area (Å²) in [5.41, 5.74) is 1.16. The van der Waals surface area contributed by atoms with Gasteiger partial charge in [0.25, 0.3) is 0 Å². The highest BCUT2D eigenvalue weighted by Gasteiger charge is 2.29. The average Bonchev–Trinajstić information content (AvgIpc) is 2.51. The molecule has 1 aliphatic rings. The van der Waals surface area contributed by atoms with Gasteiger partial charge in [0.05, 0.1) is 0 Å². The standard InChI is InChI=1S/C17H26N2O2S/c1-17(2)13-19(9-11-22-17)16(21)18-12-15(8-10-20)14-6-4-3-5-7-14/h3-7,15,20H,8-13H2,1-2H3,(H,18,21). The minimum atomic E-state index is 0.00671. The third kappa shape index (κ3) is 4.92. The van der Waals surface area contributed by atoms with Crippen molar-refractivity contribution in [3.8, 4) is 0 Å². The summed E-state index contributed by atoms with van der Waals surface area (Å²) in [5.74, 6) is 1.14. The van der Waals surface area contributed by atoms with Crippen molar-refractivity contribution >= 4 is 17.8 Å². The highest BCUT2D eigenvalue weighted by Crippen LogP contribution is 2.29. The molecule has 4 nitrogen and oxygen atoms in total. The summed E-state index contributed by atoms with van der Waals surface area (Å²) in [5, 5.41) is 12.3. The number of carbonyl (C=O) groups is 1. The molecule has 1 atom stereocenters. The van der Waals surface area contributed by atoms with Crippen LogP contribution in [0.2, 0.25) is 0 Å². The van der Waals surface area contributed by atoms with Crippen LogP contribution in [0.1, 0.15) is 31.7 Å². The summed E-state index contributed by atoms with van der Waals surface area (Å²) in [6.07, 6.45) is 0.658. The number of rotatable bonds is 5. The molecule has 1 aromatic rings. The molecule has 1 unspecified atom stereocenters. The molecule has 1 aliphatic heterocycles. The summed E-state index contributed by atoms with van der Waals surface area (Å²) in [7, 11) is 0. The molecule has 2 rings (SSSR count). The Morgan fingerprint density at radius 2 is 2.14 bits per heavy atom. The van der Waals surface area contributed by atoms with E-state index in [0.717, 1.165) is 24.4 Å². The molecular formula is C17H26N2O2S. The summed E-state index contributed by atoms with van der Waals surface area (Å²) >= 11 is 1.92. The fourth-order valence-electron chi connectivity index (χ4n) is 2.78. The second-order valence-electron chi connectivity index (χ2n) is 6.34. The van der Waals surface area contributed by atoms with Gasteiger partial charge in [0.2, 0.25) is 0 Å². The molecule has 1 fully saturated rings. The lowest BCUT2D eigenvalue weighted by atomic mass is 9.96. The number of aliphatic hydroxyl groups is 1. The van der Waals surface area contributed by atoms with Gasteiger partial charge in [-0.05, 0) is 25.8 Å². The van der Waals surface area contributed by atoms with Crippen molar-refractivity contribution in [1.29, 1.82) is 0 Å². The maximum Gasteiger partial charge on any atom is 0.317 e. The number of benzene rings is 1. The van der Waals surface area contributed by atoms with Crippen molar-refractivity contribution in [2.45, 2.75) is 30.9 Å². The van der Waals surface area contributed by atoms with Crippen molar-refractivity contribution in [1.82, 2.24) is 10.2 Å². The van der Waals surface area contributed by atoms with E-state index in [0.29, 0.717) is 13.0 Å². The quantitative estimate of drug-likeness (QED) is 0.876. The Morgan fingerprint density at radius 1 is 1.41 bits per heavy atom. The predicted octanol–water partition coefficient (Wildman–Crippen LogP) is 2.69. The fraction of sp³-hybridized carbons (Fsp3) is 0.588. The number of nitrogens with zero attached hydrogens (tertiary/aromatic N) is 1. The Hall–Kier alpha value is -1.20. The Morgan fingerprint density at radius 3 is 2.77 bits per heavy atom. The van der Waals surface area contributed by atoms with Crippen molar-refractivity contribution in [3.05, 3.63) is 35.9 Å². The Bertz CT molecular complexity index is 479. The molecular weight excluding hydrogens is 296 g/mol. The van der Waals surface area contributed by atoms with E-state index < -0.39 is 0 Å². The van der Waals surface area contributed by atoms with Crippen LogP contribution < -0.4 is 5.32 Å². The first-order valence-electron chi connectivity index (χ1n) is 7.84. The zero-order valence-corrected chi connectivity index (χ0v) is 14.2. The second-order valence-corrected chi connectivity index (χ2v) is 8.14. The van der Waals surface area contributed by atoms with Crippen LogP contribution >= 0.6 is 11.8 Å². The molecule has 2 amide bonds. The van der Waals surface area contributed by atoms with Crippen LogP contribution in [0.5, 0.6) is 0 Å². The van der Waals surface area contributed by atoms with E-state index >= 15 is 0 Å². The molecule has 2 N–H and O–H groups in total. The molecule has 0 aromatic heterocycles. The fourth-order valence-corrected chi connectivity index (χ4v) is 3.89. The predicted molar refractivity (Wildman–Crippen MR) is 92.4 cm³/mol. The minimum absolute atomic E-state index is 0.00671. The highest BCUT2D eigenvalue weighted by atomic mass is 32.2. The van der Waals surface area contributed by atoms with Crippen molar-refractivity contribution < 1.29 is 9.90 Å². The van der Waals surface area contributed by atoms with E-state index in [1.54, 1.807) is 0 Å². The minimum Gasteiger partial charge on any atom is -0.396 e. The summed E-state index contributed by atoms with van der Waals surface area (Å²) in [6, 6.07) is 10.1. The normalized spacial score (nSPS) is 18.8. The summed E-state index contributed by atoms with van der Waals surface area (Å²) in [6.45, 7) is 6.62. The van der Waals surface area contributed by atoms with E-state index in [1.807, 2.05) is 47.0 Å². The highest BCUT2D eigenvalue weighted by molar-refractivity contribution is 8.00. The van der Waals surface area contributed by atoms with Crippen molar-refractivity contribution in [2.75, 3.05) is 32.0 Å². The first-order chi connectivity index (χ1) is 10.5. The number of hydrogen-bond donors (Lipinski definition) is 2. The van der Waals surface area contributed by atoms with Crippen LogP contribution in [0.4, 0.5) is 4.79 Å². The molecule has 22 heavy (non-hydrogen) atoms. The molecule has 1 saturated heterocycles. The van der Waals surface area contributed by atoms with Gasteiger partial charge < -0.3 is 15.3 Å². The largest absolute Gasteiger partial charge is 0.396 e. The van der Waals surface area contributed by atoms with Crippen LogP contribution in [-0.4, -0.2) is 52.8 Å². The zero-order chi connectivity index (χ0) is 16.0. The molecule has 1 heterocycles. The number of carbonyl (C=O) groups excluding carboxylic acids is 1. The molecule has 5 heteroatoms. The zero-order valence-electron chi connectivity index (χ0n) is 13.4. The molecule has 0 saturated carbocycles. The van der Waals surface area contributed by atoms with Crippen molar-refractivity contribution in [3.63, 3.8) is 0 Å². The number of nitrogens with one attached hydrogen (secondary N) is 1. The molecule has 0 radical (unpaired) electrons. The molecule has 0 aliphatic carbocycles. The lowest BCUT2D eigenvalue weighted by Gasteiger charge is -2.37. The Kier molecular flexibility index (Phi) is 6.15. The van der Waals surface area contributed by atoms with Crippen molar-refractivity contribution in [2.24, 2.45) is 0 Å². The number of thioether (sulfide) groups is 1. The maximum atomic E-state index is 12.4. The van der Waals surface area contributed by atoms with Gasteiger partial charge in [-0.3, -0.25) is 0 Å². The second kappa shape index (κ2) is 7.88. The van der Waals surface area contributed by atoms with Crippen LogP contribution in [0.15, 0.2) is 30.3 Å².